The van der Waals surface area contributed by atoms with Gasteiger partial charge in [0.15, 0.2) is 0 Å². The fourth-order valence-electron chi connectivity index (χ4n) is 2.48. The number of aliphatic carboxylic acids is 2. The summed E-state index contributed by atoms with van der Waals surface area (Å²) in [5, 5.41) is 19.7. The van der Waals surface area contributed by atoms with Gasteiger partial charge in [-0.1, -0.05) is 27.7 Å². The van der Waals surface area contributed by atoms with Crippen LogP contribution in [0.25, 0.3) is 0 Å². The Morgan fingerprint density at radius 3 is 1.83 bits per heavy atom. The zero-order valence-electron chi connectivity index (χ0n) is 11.0. The highest BCUT2D eigenvalue weighted by Crippen LogP contribution is 2.68. The lowest BCUT2D eigenvalue weighted by Gasteiger charge is -2.13. The Kier molecular flexibility index (Phi) is 3.42. The molecular weight excluding hydrogens is 238 g/mol. The van der Waals surface area contributed by atoms with E-state index < -0.39 is 30.3 Å². The molecular formula is C12H19NO5. The first kappa shape index (κ1) is 14.5. The van der Waals surface area contributed by atoms with Gasteiger partial charge in [-0.25, -0.2) is 4.79 Å². The molecule has 6 heteroatoms. The SMILES string of the molecule is CC1(C)C(C(=O)N[C@@H](CC(=O)O)C(=O)O)C1(C)C. The van der Waals surface area contributed by atoms with E-state index in [1.165, 1.54) is 0 Å². The fraction of sp³-hybridized carbons (Fsp3) is 0.750. The van der Waals surface area contributed by atoms with E-state index in [2.05, 4.69) is 5.32 Å². The van der Waals surface area contributed by atoms with Crippen LogP contribution in [0.15, 0.2) is 0 Å². The molecule has 0 aromatic heterocycles. The van der Waals surface area contributed by atoms with Crippen LogP contribution in [0.3, 0.4) is 0 Å². The van der Waals surface area contributed by atoms with Crippen LogP contribution < -0.4 is 5.32 Å². The molecule has 0 spiro atoms. The van der Waals surface area contributed by atoms with Gasteiger partial charge in [-0.05, 0) is 10.8 Å². The number of nitrogens with one attached hydrogen (secondary N) is 1. The largest absolute Gasteiger partial charge is 0.481 e. The predicted molar refractivity (Wildman–Crippen MR) is 62.9 cm³/mol. The summed E-state index contributed by atoms with van der Waals surface area (Å²) in [4.78, 5) is 33.3. The number of amides is 1. The van der Waals surface area contributed by atoms with Crippen LogP contribution in [0.2, 0.25) is 0 Å². The number of carbonyl (C=O) groups is 3. The second-order valence-corrected chi connectivity index (χ2v) is 5.87. The molecule has 0 aromatic carbocycles. The van der Waals surface area contributed by atoms with E-state index >= 15 is 0 Å². The average molecular weight is 257 g/mol. The summed E-state index contributed by atoms with van der Waals surface area (Å²) >= 11 is 0. The summed E-state index contributed by atoms with van der Waals surface area (Å²) < 4.78 is 0. The Bertz CT molecular complexity index is 385. The summed E-state index contributed by atoms with van der Waals surface area (Å²) in [7, 11) is 0. The van der Waals surface area contributed by atoms with Crippen molar-refractivity contribution in [1.29, 1.82) is 0 Å². The Balaban J connectivity index is 2.70. The van der Waals surface area contributed by atoms with Gasteiger partial charge in [0, 0.05) is 5.92 Å². The molecule has 102 valence electrons. The second kappa shape index (κ2) is 4.26. The number of carboxylic acid groups (broad SMARTS) is 2. The molecule has 0 bridgehead atoms. The van der Waals surface area contributed by atoms with E-state index in [-0.39, 0.29) is 16.7 Å². The molecule has 0 unspecified atom stereocenters. The maximum atomic E-state index is 12.0. The minimum atomic E-state index is -1.37. The number of carbonyl (C=O) groups excluding carboxylic acids is 1. The molecule has 0 saturated heterocycles. The molecule has 1 saturated carbocycles. The lowest BCUT2D eigenvalue weighted by atomic mass is 10.0. The smallest absolute Gasteiger partial charge is 0.326 e. The van der Waals surface area contributed by atoms with Crippen molar-refractivity contribution in [3.63, 3.8) is 0 Å². The molecule has 0 radical (unpaired) electrons. The van der Waals surface area contributed by atoms with Crippen LogP contribution in [0.5, 0.6) is 0 Å². The lowest BCUT2D eigenvalue weighted by molar-refractivity contribution is -0.147. The van der Waals surface area contributed by atoms with Crippen molar-refractivity contribution in [3.05, 3.63) is 0 Å². The van der Waals surface area contributed by atoms with Crippen molar-refractivity contribution < 1.29 is 24.6 Å². The minimum absolute atomic E-state index is 0.205. The zero-order chi connectivity index (χ0) is 14.3. The third-order valence-corrected chi connectivity index (χ3v) is 4.28. The molecule has 1 atom stereocenters. The summed E-state index contributed by atoms with van der Waals surface area (Å²) in [6.45, 7) is 7.74. The van der Waals surface area contributed by atoms with Gasteiger partial charge in [0.2, 0.25) is 5.91 Å². The van der Waals surface area contributed by atoms with Crippen LogP contribution in [0.4, 0.5) is 0 Å². The van der Waals surface area contributed by atoms with Gasteiger partial charge < -0.3 is 15.5 Å². The topological polar surface area (TPSA) is 104 Å². The summed E-state index contributed by atoms with van der Waals surface area (Å²) in [5.74, 6) is -3.27. The highest BCUT2D eigenvalue weighted by Gasteiger charge is 2.68. The lowest BCUT2D eigenvalue weighted by Crippen LogP contribution is -2.43. The first-order valence-corrected chi connectivity index (χ1v) is 5.76. The molecule has 0 aromatic rings. The number of carboxylic acids is 2. The van der Waals surface area contributed by atoms with Gasteiger partial charge in [0.05, 0.1) is 6.42 Å². The molecule has 3 N–H and O–H groups in total. The highest BCUT2D eigenvalue weighted by atomic mass is 16.4. The minimum Gasteiger partial charge on any atom is -0.481 e. The molecule has 18 heavy (non-hydrogen) atoms. The molecule has 6 nitrogen and oxygen atoms in total. The van der Waals surface area contributed by atoms with E-state index in [0.717, 1.165) is 0 Å². The Morgan fingerprint density at radius 2 is 1.56 bits per heavy atom. The van der Waals surface area contributed by atoms with Crippen molar-refractivity contribution in [2.24, 2.45) is 16.7 Å². The Hall–Kier alpha value is -1.59. The van der Waals surface area contributed by atoms with Crippen LogP contribution in [0.1, 0.15) is 34.1 Å². The molecule has 1 aliphatic rings. The standard InChI is InChI=1S/C12H19NO5/c1-11(2)8(12(11,3)4)9(16)13-6(10(17)18)5-7(14)15/h6,8H,5H2,1-4H3,(H,13,16)(H,14,15)(H,17,18)/t6-/m0/s1. The van der Waals surface area contributed by atoms with Gasteiger partial charge in [-0.3, -0.25) is 9.59 Å². The van der Waals surface area contributed by atoms with E-state index in [0.29, 0.717) is 0 Å². The van der Waals surface area contributed by atoms with Crippen molar-refractivity contribution in [1.82, 2.24) is 5.32 Å². The summed E-state index contributed by atoms with van der Waals surface area (Å²) in [6.07, 6.45) is -0.616. The first-order chi connectivity index (χ1) is 8.01. The summed E-state index contributed by atoms with van der Waals surface area (Å²) in [5.41, 5.74) is -0.410. The molecule has 1 rings (SSSR count). The van der Waals surface area contributed by atoms with Crippen molar-refractivity contribution >= 4 is 17.8 Å². The van der Waals surface area contributed by atoms with E-state index in [9.17, 15) is 14.4 Å². The van der Waals surface area contributed by atoms with Crippen molar-refractivity contribution in [2.45, 2.75) is 40.2 Å². The van der Waals surface area contributed by atoms with Gasteiger partial charge in [-0.15, -0.1) is 0 Å². The van der Waals surface area contributed by atoms with Gasteiger partial charge in [0.1, 0.15) is 6.04 Å². The maximum absolute atomic E-state index is 12.0. The third kappa shape index (κ3) is 2.32. The third-order valence-electron chi connectivity index (χ3n) is 4.28. The van der Waals surface area contributed by atoms with Crippen LogP contribution in [0, 0.1) is 16.7 Å². The number of hydrogen-bond donors (Lipinski definition) is 3. The average Bonchev–Trinajstić information content (AvgIpc) is 2.54. The molecule has 1 amide bonds. The quantitative estimate of drug-likeness (QED) is 0.673. The van der Waals surface area contributed by atoms with Crippen LogP contribution in [-0.4, -0.2) is 34.1 Å². The maximum Gasteiger partial charge on any atom is 0.326 e. The van der Waals surface area contributed by atoms with Gasteiger partial charge in [0.25, 0.3) is 0 Å². The van der Waals surface area contributed by atoms with Gasteiger partial charge in [-0.2, -0.15) is 0 Å². The normalized spacial score (nSPS) is 22.0. The molecule has 1 aliphatic carbocycles. The van der Waals surface area contributed by atoms with E-state index in [4.69, 9.17) is 10.2 Å². The summed E-state index contributed by atoms with van der Waals surface area (Å²) in [6, 6.07) is -1.37. The second-order valence-electron chi connectivity index (χ2n) is 5.87. The monoisotopic (exact) mass is 257 g/mol. The van der Waals surface area contributed by atoms with Crippen molar-refractivity contribution in [3.8, 4) is 0 Å². The van der Waals surface area contributed by atoms with E-state index in [1.807, 2.05) is 27.7 Å². The van der Waals surface area contributed by atoms with Gasteiger partial charge >= 0.3 is 11.9 Å². The van der Waals surface area contributed by atoms with Crippen molar-refractivity contribution in [2.75, 3.05) is 0 Å². The van der Waals surface area contributed by atoms with Crippen LogP contribution >= 0.6 is 0 Å². The zero-order valence-corrected chi connectivity index (χ0v) is 11.0. The fourth-order valence-corrected chi connectivity index (χ4v) is 2.48. The molecule has 0 aliphatic heterocycles. The van der Waals surface area contributed by atoms with E-state index in [1.54, 1.807) is 0 Å². The first-order valence-electron chi connectivity index (χ1n) is 5.76. The Morgan fingerprint density at radius 1 is 1.11 bits per heavy atom. The number of rotatable bonds is 5. The molecule has 0 heterocycles. The highest BCUT2D eigenvalue weighted by molar-refractivity contribution is 5.90. The number of hydrogen-bond acceptors (Lipinski definition) is 3. The molecule has 1 fully saturated rings. The van der Waals surface area contributed by atoms with Crippen LogP contribution in [-0.2, 0) is 14.4 Å². The predicted octanol–water partition coefficient (Wildman–Crippen LogP) is 0.713. The Labute approximate surface area is 105 Å².